The van der Waals surface area contributed by atoms with Crippen molar-refractivity contribution in [3.63, 3.8) is 0 Å². The highest BCUT2D eigenvalue weighted by Crippen LogP contribution is 2.24. The van der Waals surface area contributed by atoms with Crippen LogP contribution in [-0.4, -0.2) is 27.4 Å². The number of amides is 1. The van der Waals surface area contributed by atoms with E-state index in [2.05, 4.69) is 5.32 Å². The van der Waals surface area contributed by atoms with E-state index in [4.69, 9.17) is 0 Å². The molecule has 0 bridgehead atoms. The minimum Gasteiger partial charge on any atom is -0.355 e. The number of halogens is 1. The Balaban J connectivity index is 2.45. The van der Waals surface area contributed by atoms with E-state index in [1.54, 1.807) is 19.1 Å². The number of hydrogen-bond acceptors (Lipinski definition) is 3. The van der Waals surface area contributed by atoms with Gasteiger partial charge < -0.3 is 5.32 Å². The van der Waals surface area contributed by atoms with Crippen LogP contribution in [-0.2, 0) is 14.8 Å². The van der Waals surface area contributed by atoms with Gasteiger partial charge in [0.25, 0.3) is 10.0 Å². The second kappa shape index (κ2) is 7.44. The Morgan fingerprint density at radius 3 is 2.21 bits per heavy atom. The van der Waals surface area contributed by atoms with E-state index in [0.717, 1.165) is 22.0 Å². The van der Waals surface area contributed by atoms with Crippen LogP contribution in [0, 0.1) is 12.7 Å². The van der Waals surface area contributed by atoms with Crippen LogP contribution in [0.4, 0.5) is 10.1 Å². The number of nitrogens with one attached hydrogen (secondary N) is 1. The molecule has 2 aromatic carbocycles. The summed E-state index contributed by atoms with van der Waals surface area (Å²) in [5.74, 6) is -0.915. The summed E-state index contributed by atoms with van der Waals surface area (Å²) in [5, 5.41) is 2.57. The topological polar surface area (TPSA) is 66.5 Å². The number of likely N-dealkylation sites (N-methyl/N-ethyl adjacent to an activating group) is 1. The Morgan fingerprint density at radius 2 is 1.67 bits per heavy atom. The molecule has 0 aliphatic carbocycles. The van der Waals surface area contributed by atoms with E-state index >= 15 is 0 Å². The predicted octanol–water partition coefficient (Wildman–Crippen LogP) is 2.47. The number of hydrogen-bond donors (Lipinski definition) is 1. The maximum Gasteiger partial charge on any atom is 0.264 e. The SMILES string of the molecule is CCNC(=O)CN(c1ccc(F)cc1)S(=O)(=O)c1ccc(C)cc1. The fraction of sp³-hybridized carbons (Fsp3) is 0.235. The van der Waals surface area contributed by atoms with E-state index in [9.17, 15) is 17.6 Å². The predicted molar refractivity (Wildman–Crippen MR) is 90.8 cm³/mol. The Morgan fingerprint density at radius 1 is 1.08 bits per heavy atom. The first-order valence-electron chi connectivity index (χ1n) is 7.46. The lowest BCUT2D eigenvalue weighted by Crippen LogP contribution is -2.40. The van der Waals surface area contributed by atoms with Crippen LogP contribution < -0.4 is 9.62 Å². The Labute approximate surface area is 141 Å². The maximum atomic E-state index is 13.2. The summed E-state index contributed by atoms with van der Waals surface area (Å²) in [5.41, 5.74) is 1.15. The zero-order valence-electron chi connectivity index (χ0n) is 13.5. The fourth-order valence-electron chi connectivity index (χ4n) is 2.14. The van der Waals surface area contributed by atoms with Gasteiger partial charge in [-0.1, -0.05) is 17.7 Å². The molecule has 0 fully saturated rings. The molecule has 0 aliphatic heterocycles. The molecule has 0 aromatic heterocycles. The van der Waals surface area contributed by atoms with Crippen LogP contribution in [0.15, 0.2) is 53.4 Å². The summed E-state index contributed by atoms with van der Waals surface area (Å²) in [6.45, 7) is 3.60. The maximum absolute atomic E-state index is 13.2. The lowest BCUT2D eigenvalue weighted by Gasteiger charge is -2.24. The highest BCUT2D eigenvalue weighted by Gasteiger charge is 2.27. The van der Waals surface area contributed by atoms with Crippen LogP contribution in [0.5, 0.6) is 0 Å². The van der Waals surface area contributed by atoms with E-state index in [0.29, 0.717) is 6.54 Å². The molecule has 1 N–H and O–H groups in total. The van der Waals surface area contributed by atoms with Crippen LogP contribution in [0.1, 0.15) is 12.5 Å². The largest absolute Gasteiger partial charge is 0.355 e. The third-order valence-electron chi connectivity index (χ3n) is 3.38. The number of carbonyl (C=O) groups excluding carboxylic acids is 1. The van der Waals surface area contributed by atoms with Crippen LogP contribution >= 0.6 is 0 Å². The van der Waals surface area contributed by atoms with Gasteiger partial charge in [-0.05, 0) is 50.2 Å². The zero-order chi connectivity index (χ0) is 17.7. The monoisotopic (exact) mass is 350 g/mol. The van der Waals surface area contributed by atoms with Gasteiger partial charge >= 0.3 is 0 Å². The Kier molecular flexibility index (Phi) is 5.56. The quantitative estimate of drug-likeness (QED) is 0.870. The van der Waals surface area contributed by atoms with Crippen molar-refractivity contribution in [2.24, 2.45) is 0 Å². The summed E-state index contributed by atoms with van der Waals surface area (Å²) in [6, 6.07) is 11.3. The van der Waals surface area contributed by atoms with Crippen LogP contribution in [0.3, 0.4) is 0 Å². The van der Waals surface area contributed by atoms with Gasteiger partial charge in [0.1, 0.15) is 12.4 Å². The lowest BCUT2D eigenvalue weighted by molar-refractivity contribution is -0.119. The lowest BCUT2D eigenvalue weighted by atomic mass is 10.2. The average Bonchev–Trinajstić information content (AvgIpc) is 2.54. The van der Waals surface area contributed by atoms with Gasteiger partial charge in [-0.15, -0.1) is 0 Å². The molecule has 0 spiro atoms. The molecule has 0 unspecified atom stereocenters. The molecule has 5 nitrogen and oxygen atoms in total. The van der Waals surface area contributed by atoms with Crippen molar-refractivity contribution in [1.82, 2.24) is 5.32 Å². The van der Waals surface area contributed by atoms with E-state index in [1.807, 2.05) is 6.92 Å². The number of benzene rings is 2. The van der Waals surface area contributed by atoms with E-state index in [1.165, 1.54) is 24.3 Å². The molecule has 2 aromatic rings. The van der Waals surface area contributed by atoms with Crippen LogP contribution in [0.25, 0.3) is 0 Å². The first kappa shape index (κ1) is 17.9. The molecule has 0 heterocycles. The summed E-state index contributed by atoms with van der Waals surface area (Å²) >= 11 is 0. The van der Waals surface area contributed by atoms with Gasteiger partial charge in [-0.3, -0.25) is 9.10 Å². The molecule has 0 saturated carbocycles. The normalized spacial score (nSPS) is 11.1. The summed E-state index contributed by atoms with van der Waals surface area (Å²) in [6.07, 6.45) is 0. The van der Waals surface area contributed by atoms with Gasteiger partial charge in [0, 0.05) is 6.54 Å². The molecule has 24 heavy (non-hydrogen) atoms. The smallest absolute Gasteiger partial charge is 0.264 e. The molecule has 1 amide bonds. The minimum absolute atomic E-state index is 0.0710. The van der Waals surface area contributed by atoms with Crippen molar-refractivity contribution in [3.8, 4) is 0 Å². The second-order valence-electron chi connectivity index (χ2n) is 5.25. The van der Waals surface area contributed by atoms with Gasteiger partial charge in [-0.2, -0.15) is 0 Å². The van der Waals surface area contributed by atoms with Crippen molar-refractivity contribution in [1.29, 1.82) is 0 Å². The molecule has 7 heteroatoms. The first-order valence-corrected chi connectivity index (χ1v) is 8.90. The summed E-state index contributed by atoms with van der Waals surface area (Å²) in [7, 11) is -3.95. The standard InChI is InChI=1S/C17H19FN2O3S/c1-3-19-17(21)12-20(15-8-6-14(18)7-9-15)24(22,23)16-10-4-13(2)5-11-16/h4-11H,3,12H2,1-2H3,(H,19,21). The zero-order valence-corrected chi connectivity index (χ0v) is 14.3. The van der Waals surface area contributed by atoms with Crippen molar-refractivity contribution in [3.05, 3.63) is 59.9 Å². The molecule has 0 atom stereocenters. The van der Waals surface area contributed by atoms with E-state index in [-0.39, 0.29) is 17.1 Å². The highest BCUT2D eigenvalue weighted by molar-refractivity contribution is 7.92. The second-order valence-corrected chi connectivity index (χ2v) is 7.12. The molecule has 128 valence electrons. The number of carbonyl (C=O) groups is 1. The highest BCUT2D eigenvalue weighted by atomic mass is 32.2. The molecule has 0 radical (unpaired) electrons. The van der Waals surface area contributed by atoms with E-state index < -0.39 is 21.7 Å². The van der Waals surface area contributed by atoms with Gasteiger partial charge in [-0.25, -0.2) is 12.8 Å². The number of sulfonamides is 1. The van der Waals surface area contributed by atoms with Gasteiger partial charge in [0.2, 0.25) is 5.91 Å². The Hall–Kier alpha value is -2.41. The molecule has 2 rings (SSSR count). The van der Waals surface area contributed by atoms with Crippen molar-refractivity contribution >= 4 is 21.6 Å². The fourth-order valence-corrected chi connectivity index (χ4v) is 3.56. The van der Waals surface area contributed by atoms with Crippen molar-refractivity contribution < 1.29 is 17.6 Å². The minimum atomic E-state index is -3.95. The van der Waals surface area contributed by atoms with Gasteiger partial charge in [0.05, 0.1) is 10.6 Å². The number of aryl methyl sites for hydroxylation is 1. The molecular formula is C17H19FN2O3S. The Bertz CT molecular complexity index is 803. The summed E-state index contributed by atoms with van der Waals surface area (Å²) < 4.78 is 40.0. The molecular weight excluding hydrogens is 331 g/mol. The van der Waals surface area contributed by atoms with Crippen molar-refractivity contribution in [2.75, 3.05) is 17.4 Å². The summed E-state index contributed by atoms with van der Waals surface area (Å²) in [4.78, 5) is 12.0. The molecule has 0 aliphatic rings. The van der Waals surface area contributed by atoms with Crippen molar-refractivity contribution in [2.45, 2.75) is 18.7 Å². The van der Waals surface area contributed by atoms with Crippen LogP contribution in [0.2, 0.25) is 0 Å². The third-order valence-corrected chi connectivity index (χ3v) is 5.17. The molecule has 0 saturated heterocycles. The third kappa shape index (κ3) is 4.11. The van der Waals surface area contributed by atoms with Gasteiger partial charge in [0.15, 0.2) is 0 Å². The number of anilines is 1. The number of nitrogens with zero attached hydrogens (tertiary/aromatic N) is 1. The average molecular weight is 350 g/mol. The first-order chi connectivity index (χ1) is 11.3. The number of rotatable bonds is 6.